The number of hydrogen-bond acceptors (Lipinski definition) is 5. The highest BCUT2D eigenvalue weighted by Crippen LogP contribution is 2.43. The van der Waals surface area contributed by atoms with Crippen LogP contribution in [0.2, 0.25) is 5.02 Å². The summed E-state index contributed by atoms with van der Waals surface area (Å²) >= 11 is 6.12. The number of nitrogens with zero attached hydrogens (tertiary/aromatic N) is 2. The number of ether oxygens (including phenoxy) is 1. The number of halogens is 1. The Hall–Kier alpha value is -1.77. The van der Waals surface area contributed by atoms with Crippen LogP contribution in [0, 0.1) is 5.92 Å². The minimum absolute atomic E-state index is 0.116. The van der Waals surface area contributed by atoms with Gasteiger partial charge in [0, 0.05) is 6.04 Å². The van der Waals surface area contributed by atoms with Gasteiger partial charge in [0.2, 0.25) is 0 Å². The molecule has 0 amide bonds. The quantitative estimate of drug-likeness (QED) is 0.607. The van der Waals surface area contributed by atoms with E-state index in [1.165, 1.54) is 10.9 Å². The predicted octanol–water partition coefficient (Wildman–Crippen LogP) is 2.00. The van der Waals surface area contributed by atoms with Crippen LogP contribution in [0.3, 0.4) is 0 Å². The molecule has 1 fully saturated rings. The van der Waals surface area contributed by atoms with Crippen LogP contribution in [0.5, 0.6) is 0 Å². The van der Waals surface area contributed by atoms with Gasteiger partial charge >= 0.3 is 13.6 Å². The summed E-state index contributed by atoms with van der Waals surface area (Å²) in [7, 11) is -4.90. The van der Waals surface area contributed by atoms with Crippen molar-refractivity contribution in [2.24, 2.45) is 5.92 Å². The van der Waals surface area contributed by atoms with E-state index in [0.29, 0.717) is 35.2 Å². The van der Waals surface area contributed by atoms with Crippen LogP contribution in [-0.2, 0) is 14.1 Å². The van der Waals surface area contributed by atoms with E-state index < -0.39 is 19.4 Å². The maximum atomic E-state index is 12.8. The molecule has 2 aromatic rings. The van der Waals surface area contributed by atoms with E-state index in [1.54, 1.807) is 18.2 Å². The number of fused-ring (bicyclic) bond motifs is 1. The van der Waals surface area contributed by atoms with Crippen molar-refractivity contribution in [2.45, 2.75) is 31.1 Å². The number of hydrogen-bond donors (Lipinski definition) is 3. The standard InChI is InChI=1S/C16H18ClN2O7P/c17-11-2-1-3-12-13(11)14(20)19(8-18-12)10-5-4-9(6-10)7-26-16(15(21)22)27(23,24)25/h1-3,8-10,16H,4-7H2,(H,21,22)(H2,23,24,25)/t9?,10-,16?/m0/s1. The lowest BCUT2D eigenvalue weighted by Gasteiger charge is -2.18. The molecule has 146 valence electrons. The average Bonchev–Trinajstić information content (AvgIpc) is 3.02. The topological polar surface area (TPSA) is 139 Å². The van der Waals surface area contributed by atoms with Crippen LogP contribution < -0.4 is 5.56 Å². The third-order valence-electron chi connectivity index (χ3n) is 4.67. The maximum absolute atomic E-state index is 12.8. The number of aromatic nitrogens is 2. The molecule has 2 unspecified atom stereocenters. The van der Waals surface area contributed by atoms with E-state index >= 15 is 0 Å². The SMILES string of the molecule is O=C(O)C(OCC1CC[C@H](n2cnc3cccc(Cl)c3c2=O)C1)P(=O)(O)O. The lowest BCUT2D eigenvalue weighted by Crippen LogP contribution is -2.27. The molecule has 1 aliphatic rings. The van der Waals surface area contributed by atoms with E-state index in [0.717, 1.165) is 0 Å². The Morgan fingerprint density at radius 3 is 2.81 bits per heavy atom. The van der Waals surface area contributed by atoms with Gasteiger partial charge in [-0.15, -0.1) is 0 Å². The van der Waals surface area contributed by atoms with Gasteiger partial charge in [0.25, 0.3) is 11.4 Å². The molecule has 3 N–H and O–H groups in total. The highest BCUT2D eigenvalue weighted by atomic mass is 35.5. The van der Waals surface area contributed by atoms with Crippen molar-refractivity contribution in [1.29, 1.82) is 0 Å². The minimum Gasteiger partial charge on any atom is -0.479 e. The fourth-order valence-electron chi connectivity index (χ4n) is 3.39. The largest absolute Gasteiger partial charge is 0.479 e. The molecule has 1 heterocycles. The molecule has 1 aliphatic carbocycles. The molecule has 0 radical (unpaired) electrons. The summed E-state index contributed by atoms with van der Waals surface area (Å²) in [6, 6.07) is 4.87. The molecule has 0 bridgehead atoms. The highest BCUT2D eigenvalue weighted by Gasteiger charge is 2.38. The summed E-state index contributed by atoms with van der Waals surface area (Å²) in [5.41, 5.74) is 0.253. The van der Waals surface area contributed by atoms with Crippen LogP contribution in [0.25, 0.3) is 10.9 Å². The van der Waals surface area contributed by atoms with E-state index in [1.807, 2.05) is 0 Å². The smallest absolute Gasteiger partial charge is 0.365 e. The van der Waals surface area contributed by atoms with Crippen molar-refractivity contribution >= 4 is 36.1 Å². The maximum Gasteiger partial charge on any atom is 0.365 e. The molecular formula is C16H18ClN2O7P. The van der Waals surface area contributed by atoms with Crippen LogP contribution in [-0.4, -0.2) is 42.9 Å². The third kappa shape index (κ3) is 4.23. The Morgan fingerprint density at radius 2 is 2.15 bits per heavy atom. The lowest BCUT2D eigenvalue weighted by molar-refractivity contribution is -0.146. The van der Waals surface area contributed by atoms with Gasteiger partial charge in [-0.05, 0) is 37.3 Å². The van der Waals surface area contributed by atoms with Gasteiger partial charge in [-0.25, -0.2) is 9.78 Å². The summed E-state index contributed by atoms with van der Waals surface area (Å²) in [5.74, 6) is -4.01. The zero-order chi connectivity index (χ0) is 19.8. The molecule has 1 saturated carbocycles. The fraction of sp³-hybridized carbons (Fsp3) is 0.438. The zero-order valence-corrected chi connectivity index (χ0v) is 15.7. The van der Waals surface area contributed by atoms with Crippen molar-refractivity contribution in [1.82, 2.24) is 9.55 Å². The number of rotatable bonds is 6. The Balaban J connectivity index is 1.73. The number of aliphatic carboxylic acids is 1. The molecule has 0 spiro atoms. The van der Waals surface area contributed by atoms with Crippen LogP contribution >= 0.6 is 19.2 Å². The molecule has 0 aliphatic heterocycles. The van der Waals surface area contributed by atoms with Gasteiger partial charge in [0.15, 0.2) is 0 Å². The van der Waals surface area contributed by atoms with Crippen molar-refractivity contribution in [3.05, 3.63) is 39.9 Å². The van der Waals surface area contributed by atoms with E-state index in [9.17, 15) is 14.2 Å². The zero-order valence-electron chi connectivity index (χ0n) is 14.1. The molecule has 0 saturated heterocycles. The van der Waals surface area contributed by atoms with Gasteiger partial charge in [0.05, 0.1) is 28.9 Å². The molecule has 1 aromatic heterocycles. The fourth-order valence-corrected chi connectivity index (χ4v) is 4.21. The Kier molecular flexibility index (Phi) is 5.69. The average molecular weight is 417 g/mol. The van der Waals surface area contributed by atoms with Crippen LogP contribution in [0.4, 0.5) is 0 Å². The van der Waals surface area contributed by atoms with Crippen LogP contribution in [0.1, 0.15) is 25.3 Å². The first-order valence-corrected chi connectivity index (χ1v) is 10.3. The lowest BCUT2D eigenvalue weighted by atomic mass is 10.1. The van der Waals surface area contributed by atoms with Crippen molar-refractivity contribution in [2.75, 3.05) is 6.61 Å². The van der Waals surface area contributed by atoms with Gasteiger partial charge in [-0.1, -0.05) is 17.7 Å². The summed E-state index contributed by atoms with van der Waals surface area (Å²) in [6.45, 7) is -0.116. The molecule has 3 atom stereocenters. The Labute approximate surface area is 158 Å². The minimum atomic E-state index is -4.90. The van der Waals surface area contributed by atoms with Gasteiger partial charge in [-0.2, -0.15) is 0 Å². The van der Waals surface area contributed by atoms with E-state index in [4.69, 9.17) is 31.2 Å². The number of carboxylic acids is 1. The summed E-state index contributed by atoms with van der Waals surface area (Å²) in [6.07, 6.45) is 3.24. The molecule has 9 nitrogen and oxygen atoms in total. The summed E-state index contributed by atoms with van der Waals surface area (Å²) in [5, 5.41) is 9.56. The second-order valence-corrected chi connectivity index (χ2v) is 8.59. The Bertz CT molecular complexity index is 973. The molecule has 3 rings (SSSR count). The van der Waals surface area contributed by atoms with Crippen LogP contribution in [0.15, 0.2) is 29.3 Å². The Morgan fingerprint density at radius 1 is 1.41 bits per heavy atom. The first kappa shape index (κ1) is 20.0. The van der Waals surface area contributed by atoms with Crippen molar-refractivity contribution in [3.8, 4) is 0 Å². The third-order valence-corrected chi connectivity index (χ3v) is 5.97. The van der Waals surface area contributed by atoms with E-state index in [-0.39, 0.29) is 24.1 Å². The van der Waals surface area contributed by atoms with Crippen molar-refractivity contribution in [3.63, 3.8) is 0 Å². The van der Waals surface area contributed by atoms with E-state index in [2.05, 4.69) is 4.98 Å². The van der Waals surface area contributed by atoms with Gasteiger partial charge < -0.3 is 19.6 Å². The second-order valence-electron chi connectivity index (χ2n) is 6.54. The molecule has 11 heteroatoms. The molecular weight excluding hydrogens is 399 g/mol. The summed E-state index contributed by atoms with van der Waals surface area (Å²) < 4.78 is 17.7. The highest BCUT2D eigenvalue weighted by molar-refractivity contribution is 7.53. The van der Waals surface area contributed by atoms with Crippen molar-refractivity contribution < 1.29 is 29.0 Å². The number of carbonyl (C=O) groups is 1. The first-order chi connectivity index (χ1) is 12.7. The predicted molar refractivity (Wildman–Crippen MR) is 96.8 cm³/mol. The normalized spacial score (nSPS) is 21.4. The first-order valence-electron chi connectivity index (χ1n) is 8.23. The number of carboxylic acid groups (broad SMARTS) is 1. The second kappa shape index (κ2) is 7.69. The van der Waals surface area contributed by atoms with Gasteiger partial charge in [-0.3, -0.25) is 13.9 Å². The molecule has 1 aromatic carbocycles. The molecule has 27 heavy (non-hydrogen) atoms. The number of benzene rings is 1. The summed E-state index contributed by atoms with van der Waals surface area (Å²) in [4.78, 5) is 46.1. The van der Waals surface area contributed by atoms with Gasteiger partial charge in [0.1, 0.15) is 0 Å². The monoisotopic (exact) mass is 416 g/mol.